The van der Waals surface area contributed by atoms with Gasteiger partial charge < -0.3 is 8.92 Å². The van der Waals surface area contributed by atoms with Gasteiger partial charge in [-0.15, -0.1) is 0 Å². The fourth-order valence-corrected chi connectivity index (χ4v) is 3.72. The van der Waals surface area contributed by atoms with E-state index in [1.54, 1.807) is 0 Å². The molecular weight excluding hydrogens is 446 g/mol. The van der Waals surface area contributed by atoms with Gasteiger partial charge in [0.1, 0.15) is 5.75 Å². The maximum Gasteiger partial charge on any atom is 0.534 e. The Bertz CT molecular complexity index is 937. The predicted octanol–water partition coefficient (Wildman–Crippen LogP) is 3.94. The first-order valence-electron chi connectivity index (χ1n) is 8.51. The molecule has 2 rings (SSSR count). The molecule has 0 spiro atoms. The summed E-state index contributed by atoms with van der Waals surface area (Å²) in [5.74, 6) is -2.76. The van der Waals surface area contributed by atoms with Crippen molar-refractivity contribution in [2.45, 2.75) is 44.3 Å². The average Bonchev–Trinajstić information content (AvgIpc) is 2.56. The molecule has 0 bridgehead atoms. The zero-order valence-electron chi connectivity index (χ0n) is 15.4. The highest BCUT2D eigenvalue weighted by atomic mass is 32.2. The number of alkyl halides is 6. The van der Waals surface area contributed by atoms with Crippen LogP contribution in [0.25, 0.3) is 0 Å². The molecule has 0 saturated heterocycles. The molecule has 1 aromatic rings. The minimum absolute atomic E-state index is 0.0107. The summed E-state index contributed by atoms with van der Waals surface area (Å²) in [5.41, 5.74) is -8.05. The lowest BCUT2D eigenvalue weighted by Gasteiger charge is -2.36. The van der Waals surface area contributed by atoms with Crippen LogP contribution in [-0.4, -0.2) is 38.5 Å². The van der Waals surface area contributed by atoms with Crippen molar-refractivity contribution >= 4 is 21.9 Å². The van der Waals surface area contributed by atoms with Gasteiger partial charge in [0, 0.05) is 5.56 Å². The van der Waals surface area contributed by atoms with E-state index in [-0.39, 0.29) is 24.2 Å². The van der Waals surface area contributed by atoms with E-state index in [2.05, 4.69) is 8.92 Å². The second kappa shape index (κ2) is 8.08. The molecule has 0 aliphatic heterocycles. The van der Waals surface area contributed by atoms with E-state index in [0.717, 1.165) is 18.2 Å². The van der Waals surface area contributed by atoms with Gasteiger partial charge in [0.25, 0.3) is 0 Å². The van der Waals surface area contributed by atoms with E-state index in [4.69, 9.17) is 0 Å². The number of carbonyl (C=O) groups excluding carboxylic acids is 2. The van der Waals surface area contributed by atoms with E-state index in [1.165, 1.54) is 6.92 Å². The first-order chi connectivity index (χ1) is 13.6. The number of esters is 1. The number of benzene rings is 1. The fraction of sp³-hybridized carbons (Fsp3) is 0.529. The quantitative estimate of drug-likeness (QED) is 0.276. The van der Waals surface area contributed by atoms with Gasteiger partial charge in [-0.05, 0) is 43.5 Å². The average molecular weight is 462 g/mol. The largest absolute Gasteiger partial charge is 0.534 e. The molecule has 0 amide bonds. The molecule has 0 N–H and O–H groups in total. The van der Waals surface area contributed by atoms with Gasteiger partial charge >= 0.3 is 27.8 Å². The van der Waals surface area contributed by atoms with E-state index in [9.17, 15) is 44.3 Å². The van der Waals surface area contributed by atoms with Gasteiger partial charge in [0.2, 0.25) is 0 Å². The lowest BCUT2D eigenvalue weighted by Crippen LogP contribution is -2.42. The fourth-order valence-electron chi connectivity index (χ4n) is 3.27. The van der Waals surface area contributed by atoms with Gasteiger partial charge in [-0.25, -0.2) is 0 Å². The number of aryl methyl sites for hydroxylation is 1. The molecule has 0 saturated carbocycles. The normalized spacial score (nSPS) is 19.9. The number of Topliss-reactive ketones (excluding diaryl/α,β-unsaturated/α-hetero) is 1. The number of halogens is 6. The Hall–Kier alpha value is -2.31. The van der Waals surface area contributed by atoms with Crippen LogP contribution in [0.5, 0.6) is 5.75 Å². The number of ketones is 1. The molecule has 1 aromatic carbocycles. The third kappa shape index (κ3) is 5.24. The van der Waals surface area contributed by atoms with E-state index in [1.807, 2.05) is 0 Å². The molecule has 168 valence electrons. The van der Waals surface area contributed by atoms with Crippen LogP contribution in [0, 0.1) is 5.41 Å². The summed E-state index contributed by atoms with van der Waals surface area (Å²) < 4.78 is 108. The number of carbonyl (C=O) groups is 2. The van der Waals surface area contributed by atoms with Crippen molar-refractivity contribution < 1.29 is 53.3 Å². The molecule has 0 aromatic heterocycles. The molecule has 6 nitrogen and oxygen atoms in total. The summed E-state index contributed by atoms with van der Waals surface area (Å²) in [5, 5.41) is 0. The van der Waals surface area contributed by atoms with Gasteiger partial charge in [0.15, 0.2) is 5.78 Å². The maximum atomic E-state index is 13.1. The van der Waals surface area contributed by atoms with E-state index in [0.29, 0.717) is 0 Å². The second-order valence-corrected chi connectivity index (χ2v) is 8.22. The lowest BCUT2D eigenvalue weighted by atomic mass is 9.66. The van der Waals surface area contributed by atoms with Crippen LogP contribution in [0.2, 0.25) is 0 Å². The SMILES string of the molecule is CCOC(=O)CC1(CC(F)(F)F)CCc2cc(OS(=O)(=O)C(F)(F)F)ccc2C1=O. The first kappa shape index (κ1) is 24.0. The molecule has 1 aliphatic rings. The van der Waals surface area contributed by atoms with Crippen LogP contribution in [-0.2, 0) is 26.1 Å². The van der Waals surface area contributed by atoms with Crippen LogP contribution in [0.3, 0.4) is 0 Å². The third-order valence-corrected chi connectivity index (χ3v) is 5.47. The molecule has 13 heteroatoms. The highest BCUT2D eigenvalue weighted by molar-refractivity contribution is 7.88. The van der Waals surface area contributed by atoms with Crippen LogP contribution >= 0.6 is 0 Å². The maximum absolute atomic E-state index is 13.1. The van der Waals surface area contributed by atoms with Crippen LogP contribution in [0.1, 0.15) is 42.1 Å². The summed E-state index contributed by atoms with van der Waals surface area (Å²) in [6.07, 6.45) is -7.84. The number of ether oxygens (including phenoxy) is 1. The molecule has 0 radical (unpaired) electrons. The van der Waals surface area contributed by atoms with Crippen LogP contribution in [0.4, 0.5) is 26.3 Å². The Morgan fingerprint density at radius 1 is 1.17 bits per heavy atom. The molecule has 30 heavy (non-hydrogen) atoms. The summed E-state index contributed by atoms with van der Waals surface area (Å²) in [4.78, 5) is 24.7. The lowest BCUT2D eigenvalue weighted by molar-refractivity contribution is -0.162. The number of rotatable bonds is 6. The Labute approximate surface area is 167 Å². The third-order valence-electron chi connectivity index (χ3n) is 4.49. The van der Waals surface area contributed by atoms with Crippen molar-refractivity contribution in [3.8, 4) is 5.75 Å². The summed E-state index contributed by atoms with van der Waals surface area (Å²) in [6, 6.07) is 2.46. The van der Waals surface area contributed by atoms with Gasteiger partial charge in [-0.3, -0.25) is 9.59 Å². The molecule has 1 unspecified atom stereocenters. The minimum atomic E-state index is -5.95. The van der Waals surface area contributed by atoms with Crippen molar-refractivity contribution in [3.05, 3.63) is 29.3 Å². The van der Waals surface area contributed by atoms with E-state index >= 15 is 0 Å². The monoisotopic (exact) mass is 462 g/mol. The molecule has 0 fully saturated rings. The van der Waals surface area contributed by atoms with Crippen LogP contribution in [0.15, 0.2) is 18.2 Å². The predicted molar refractivity (Wildman–Crippen MR) is 89.1 cm³/mol. The summed E-state index contributed by atoms with van der Waals surface area (Å²) in [7, 11) is -5.95. The Kier molecular flexibility index (Phi) is 6.45. The highest BCUT2D eigenvalue weighted by Crippen LogP contribution is 2.46. The number of hydrogen-bond acceptors (Lipinski definition) is 6. The van der Waals surface area contributed by atoms with E-state index < -0.39 is 64.0 Å². The molecular formula is C17H16F6O6S. The van der Waals surface area contributed by atoms with Gasteiger partial charge in [-0.2, -0.15) is 34.8 Å². The highest BCUT2D eigenvalue weighted by Gasteiger charge is 2.52. The van der Waals surface area contributed by atoms with Crippen molar-refractivity contribution in [2.24, 2.45) is 5.41 Å². The Morgan fingerprint density at radius 3 is 2.33 bits per heavy atom. The standard InChI is InChI=1S/C17H16F6O6S/c1-2-28-13(24)8-15(9-16(18,19)20)6-5-10-7-11(3-4-12(10)14(15)25)29-30(26,27)17(21,22)23/h3-4,7H,2,5-6,8-9H2,1H3. The Balaban J connectivity index is 2.40. The van der Waals surface area contributed by atoms with Crippen molar-refractivity contribution in [2.75, 3.05) is 6.61 Å². The topological polar surface area (TPSA) is 86.7 Å². The second-order valence-electron chi connectivity index (χ2n) is 6.69. The minimum Gasteiger partial charge on any atom is -0.466 e. The van der Waals surface area contributed by atoms with Gasteiger partial charge in [0.05, 0.1) is 24.9 Å². The zero-order valence-corrected chi connectivity index (χ0v) is 16.2. The first-order valence-corrected chi connectivity index (χ1v) is 9.92. The summed E-state index contributed by atoms with van der Waals surface area (Å²) in [6.45, 7) is 1.35. The smallest absolute Gasteiger partial charge is 0.466 e. The molecule has 1 atom stereocenters. The summed E-state index contributed by atoms with van der Waals surface area (Å²) >= 11 is 0. The van der Waals surface area contributed by atoms with Crippen LogP contribution < -0.4 is 4.18 Å². The van der Waals surface area contributed by atoms with Crippen molar-refractivity contribution in [1.29, 1.82) is 0 Å². The number of fused-ring (bicyclic) bond motifs is 1. The molecule has 0 heterocycles. The Morgan fingerprint density at radius 2 is 1.80 bits per heavy atom. The van der Waals surface area contributed by atoms with Crippen molar-refractivity contribution in [3.63, 3.8) is 0 Å². The zero-order chi connectivity index (χ0) is 23.0. The van der Waals surface area contributed by atoms with Gasteiger partial charge in [-0.1, -0.05) is 0 Å². The number of hydrogen-bond donors (Lipinski definition) is 0. The molecule has 1 aliphatic carbocycles. The van der Waals surface area contributed by atoms with Crippen molar-refractivity contribution in [1.82, 2.24) is 0 Å².